The van der Waals surface area contributed by atoms with Crippen molar-refractivity contribution in [3.63, 3.8) is 0 Å². The number of hydrogen-bond donors (Lipinski definition) is 4. The summed E-state index contributed by atoms with van der Waals surface area (Å²) in [6, 6.07) is 4.85. The van der Waals surface area contributed by atoms with Crippen LogP contribution in [0.15, 0.2) is 24.3 Å². The third-order valence-electron chi connectivity index (χ3n) is 1.86. The van der Waals surface area contributed by atoms with Crippen molar-refractivity contribution in [2.24, 2.45) is 0 Å². The smallest absolute Gasteiger partial charge is 0.778 e. The van der Waals surface area contributed by atoms with Crippen LogP contribution in [-0.2, 0) is 9.13 Å². The maximum atomic E-state index is 11.0. The van der Waals surface area contributed by atoms with Crippen molar-refractivity contribution >= 4 is 20.9 Å². The molecule has 0 bridgehead atoms. The number of rotatable bonds is 3. The summed E-state index contributed by atoms with van der Waals surface area (Å²) in [4.78, 5) is 37.5. The number of nitrogens with two attached hydrogens (primary N) is 1. The van der Waals surface area contributed by atoms with E-state index in [1.54, 1.807) is 0 Å². The van der Waals surface area contributed by atoms with E-state index in [0.29, 0.717) is 5.69 Å². The van der Waals surface area contributed by atoms with Gasteiger partial charge in [-0.2, -0.15) is 0 Å². The minimum Gasteiger partial charge on any atom is -0.778 e. The first kappa shape index (κ1) is 17.3. The van der Waals surface area contributed by atoms with Gasteiger partial charge in [0.25, 0.3) is 0 Å². The van der Waals surface area contributed by atoms with Crippen LogP contribution in [0.1, 0.15) is 11.0 Å². The Hall–Kier alpha value is 0.320. The fourth-order valence-corrected chi connectivity index (χ4v) is 3.87. The number of hydrogen-bond acceptors (Lipinski definition) is 4. The van der Waals surface area contributed by atoms with Crippen LogP contribution in [0, 0.1) is 0 Å². The maximum Gasteiger partial charge on any atom is 1.00 e. The van der Waals surface area contributed by atoms with Gasteiger partial charge in [-0.3, -0.25) is 4.57 Å². The van der Waals surface area contributed by atoms with Gasteiger partial charge in [0.15, 0.2) is 7.60 Å². The van der Waals surface area contributed by atoms with E-state index in [4.69, 9.17) is 20.4 Å². The molecule has 90 valence electrons. The molecule has 0 fully saturated rings. The number of benzene rings is 1. The molecular formula is C7H10NNaO6P2. The minimum atomic E-state index is -5.19. The summed E-state index contributed by atoms with van der Waals surface area (Å²) < 4.78 is 21.9. The van der Waals surface area contributed by atoms with E-state index in [9.17, 15) is 14.0 Å². The Kier molecular flexibility index (Phi) is 6.09. The molecule has 1 aromatic rings. The molecule has 7 nitrogen and oxygen atoms in total. The summed E-state index contributed by atoms with van der Waals surface area (Å²) in [5, 5.41) is -2.25. The van der Waals surface area contributed by atoms with E-state index in [-0.39, 0.29) is 35.1 Å². The van der Waals surface area contributed by atoms with Gasteiger partial charge in [0, 0.05) is 5.69 Å². The van der Waals surface area contributed by atoms with Gasteiger partial charge in [0.05, 0.1) is 0 Å². The molecule has 10 heteroatoms. The molecule has 0 aliphatic rings. The summed E-state index contributed by atoms with van der Waals surface area (Å²) in [6.45, 7) is 0. The minimum absolute atomic E-state index is 0. The second-order valence-corrected chi connectivity index (χ2v) is 6.94. The quantitative estimate of drug-likeness (QED) is 0.263. The molecule has 2 unspecified atom stereocenters. The molecule has 0 aromatic heterocycles. The zero-order valence-electron chi connectivity index (χ0n) is 8.92. The van der Waals surface area contributed by atoms with E-state index in [2.05, 4.69) is 0 Å². The van der Waals surface area contributed by atoms with Crippen LogP contribution in [0.5, 0.6) is 0 Å². The van der Waals surface area contributed by atoms with E-state index in [1.807, 2.05) is 0 Å². The molecule has 0 spiro atoms. The second kappa shape index (κ2) is 5.97. The Morgan fingerprint density at radius 2 is 1.53 bits per heavy atom. The topological polar surface area (TPSA) is 144 Å². The van der Waals surface area contributed by atoms with E-state index in [0.717, 1.165) is 12.1 Å². The second-order valence-electron chi connectivity index (χ2n) is 3.19. The Morgan fingerprint density at radius 3 is 1.82 bits per heavy atom. The predicted molar refractivity (Wildman–Crippen MR) is 55.5 cm³/mol. The number of nitrogen functional groups attached to an aromatic ring is 1. The first-order valence-corrected chi connectivity index (χ1v) is 7.39. The van der Waals surface area contributed by atoms with Crippen molar-refractivity contribution in [2.45, 2.75) is 5.40 Å². The van der Waals surface area contributed by atoms with Gasteiger partial charge in [-0.1, -0.05) is 12.1 Å². The third kappa shape index (κ3) is 4.83. The van der Waals surface area contributed by atoms with E-state index < -0.39 is 20.6 Å². The van der Waals surface area contributed by atoms with Crippen molar-refractivity contribution in [1.29, 1.82) is 0 Å². The molecule has 1 rings (SSSR count). The maximum absolute atomic E-state index is 11.0. The van der Waals surface area contributed by atoms with E-state index in [1.165, 1.54) is 12.1 Å². The summed E-state index contributed by atoms with van der Waals surface area (Å²) in [6.07, 6.45) is 0. The van der Waals surface area contributed by atoms with Crippen LogP contribution >= 0.6 is 15.2 Å². The number of anilines is 1. The van der Waals surface area contributed by atoms with Crippen LogP contribution in [0.3, 0.4) is 0 Å². The SMILES string of the molecule is Nc1ccc(C(P(=O)([O-])O)P(=O)(O)O)cc1.[Na+]. The largest absolute Gasteiger partial charge is 1.00 e. The fourth-order valence-electron chi connectivity index (χ4n) is 1.24. The van der Waals surface area contributed by atoms with Crippen molar-refractivity contribution in [1.82, 2.24) is 0 Å². The van der Waals surface area contributed by atoms with Gasteiger partial charge in [0.1, 0.15) is 5.40 Å². The van der Waals surface area contributed by atoms with Crippen molar-refractivity contribution in [3.8, 4) is 0 Å². The van der Waals surface area contributed by atoms with Crippen molar-refractivity contribution < 1.29 is 58.3 Å². The van der Waals surface area contributed by atoms with Crippen LogP contribution in [-0.4, -0.2) is 14.7 Å². The normalized spacial score (nSPS) is 16.7. The summed E-state index contributed by atoms with van der Waals surface area (Å²) in [5.74, 6) is 0. The zero-order valence-corrected chi connectivity index (χ0v) is 12.7. The van der Waals surface area contributed by atoms with Gasteiger partial charge >= 0.3 is 37.2 Å². The summed E-state index contributed by atoms with van der Waals surface area (Å²) >= 11 is 0. The Labute approximate surface area is 120 Å². The fraction of sp³-hybridized carbons (Fsp3) is 0.143. The third-order valence-corrected chi connectivity index (χ3v) is 5.49. The van der Waals surface area contributed by atoms with Gasteiger partial charge in [-0.05, 0) is 17.7 Å². The van der Waals surface area contributed by atoms with Gasteiger partial charge in [0.2, 0.25) is 0 Å². The van der Waals surface area contributed by atoms with Crippen LogP contribution in [0.4, 0.5) is 5.69 Å². The molecule has 0 aliphatic carbocycles. The summed E-state index contributed by atoms with van der Waals surface area (Å²) in [7, 11) is -10.2. The van der Waals surface area contributed by atoms with Gasteiger partial charge in [-0.15, -0.1) is 0 Å². The van der Waals surface area contributed by atoms with Crippen LogP contribution in [0.2, 0.25) is 0 Å². The van der Waals surface area contributed by atoms with Gasteiger partial charge < -0.3 is 29.9 Å². The first-order valence-electron chi connectivity index (χ1n) is 4.06. The van der Waals surface area contributed by atoms with Crippen molar-refractivity contribution in [2.75, 3.05) is 5.73 Å². The molecule has 0 amide bonds. The molecule has 2 atom stereocenters. The molecule has 17 heavy (non-hydrogen) atoms. The molecule has 0 aliphatic heterocycles. The first-order chi connectivity index (χ1) is 7.12. The monoisotopic (exact) mass is 289 g/mol. The predicted octanol–water partition coefficient (Wildman–Crippen LogP) is -3.01. The molecule has 0 saturated heterocycles. The Bertz CT molecular complexity index is 444. The van der Waals surface area contributed by atoms with Crippen LogP contribution < -0.4 is 40.2 Å². The summed E-state index contributed by atoms with van der Waals surface area (Å²) in [5.41, 5.74) is 5.45. The molecule has 1 aromatic carbocycles. The zero-order chi connectivity index (χ0) is 12.6. The van der Waals surface area contributed by atoms with Crippen molar-refractivity contribution in [3.05, 3.63) is 29.8 Å². The molecular weight excluding hydrogens is 279 g/mol. The molecule has 0 heterocycles. The molecule has 0 radical (unpaired) electrons. The average molecular weight is 289 g/mol. The van der Waals surface area contributed by atoms with Gasteiger partial charge in [-0.25, -0.2) is 0 Å². The standard InChI is InChI=1S/C7H11NO6P2.Na/c8-6-3-1-5(2-4-6)7(15(9,10)11)16(12,13)14;/h1-4,7H,8H2,(H2,9,10,11)(H2,12,13,14);/q;+1/p-1. The Morgan fingerprint density at radius 1 is 1.12 bits per heavy atom. The average Bonchev–Trinajstić information content (AvgIpc) is 2.03. The molecule has 0 saturated carbocycles. The van der Waals surface area contributed by atoms with E-state index >= 15 is 0 Å². The van der Waals surface area contributed by atoms with Crippen LogP contribution in [0.25, 0.3) is 0 Å². The Balaban J connectivity index is 0.00000256. The molecule has 5 N–H and O–H groups in total.